The topological polar surface area (TPSA) is 86.2 Å². The number of piperidine rings is 2. The van der Waals surface area contributed by atoms with Crippen molar-refractivity contribution in [2.75, 3.05) is 44.2 Å². The number of cyclic esters (lactones) is 1. The molecule has 8 heteroatoms. The summed E-state index contributed by atoms with van der Waals surface area (Å²) in [4.78, 5) is 34.2. The zero-order valence-electron chi connectivity index (χ0n) is 18.2. The normalized spacial score (nSPS) is 23.9. The molecular weight excluding hydrogens is 396 g/mol. The molecule has 1 atom stereocenters. The molecule has 170 valence electrons. The van der Waals surface area contributed by atoms with E-state index in [1.165, 1.54) is 5.69 Å². The number of unbranched alkanes of at least 4 members (excludes halogenated alkanes) is 1. The van der Waals surface area contributed by atoms with E-state index in [0.29, 0.717) is 6.54 Å². The number of rotatable bonds is 8. The Labute approximate surface area is 184 Å². The summed E-state index contributed by atoms with van der Waals surface area (Å²) in [5.74, 6) is -0.827. The second-order valence-electron chi connectivity index (χ2n) is 9.03. The summed E-state index contributed by atoms with van der Waals surface area (Å²) in [6, 6.07) is 4.34. The first-order valence-electron chi connectivity index (χ1n) is 11.7. The molecule has 3 saturated heterocycles. The molecule has 4 rings (SSSR count). The lowest BCUT2D eigenvalue weighted by Crippen LogP contribution is -2.45. The molecule has 1 amide bonds. The predicted molar refractivity (Wildman–Crippen MR) is 117 cm³/mol. The van der Waals surface area contributed by atoms with Crippen molar-refractivity contribution in [3.63, 3.8) is 0 Å². The zero-order valence-corrected chi connectivity index (χ0v) is 18.2. The number of ether oxygens (including phenoxy) is 1. The van der Waals surface area contributed by atoms with Crippen LogP contribution >= 0.6 is 0 Å². The van der Waals surface area contributed by atoms with E-state index in [2.05, 4.69) is 14.8 Å². The van der Waals surface area contributed by atoms with Crippen molar-refractivity contribution in [1.29, 1.82) is 0 Å². The summed E-state index contributed by atoms with van der Waals surface area (Å²) in [6.07, 6.45) is 9.95. The minimum Gasteiger partial charge on any atom is -0.481 e. The van der Waals surface area contributed by atoms with E-state index in [9.17, 15) is 9.59 Å². The van der Waals surface area contributed by atoms with Gasteiger partial charge in [0.25, 0.3) is 0 Å². The summed E-state index contributed by atoms with van der Waals surface area (Å²) in [6.45, 7) is 5.36. The number of amides is 1. The summed E-state index contributed by atoms with van der Waals surface area (Å²) in [5.41, 5.74) is 1.20. The first-order chi connectivity index (χ1) is 15.1. The highest BCUT2D eigenvalue weighted by atomic mass is 16.6. The van der Waals surface area contributed by atoms with Gasteiger partial charge in [-0.3, -0.25) is 9.78 Å². The third-order valence-corrected chi connectivity index (χ3v) is 7.02. The molecule has 31 heavy (non-hydrogen) atoms. The first-order valence-corrected chi connectivity index (χ1v) is 11.7. The maximum absolute atomic E-state index is 12.4. The van der Waals surface area contributed by atoms with E-state index in [-0.39, 0.29) is 24.2 Å². The fourth-order valence-electron chi connectivity index (χ4n) is 5.09. The van der Waals surface area contributed by atoms with Gasteiger partial charge in [-0.1, -0.05) is 0 Å². The van der Waals surface area contributed by atoms with Crippen molar-refractivity contribution < 1.29 is 19.4 Å². The Morgan fingerprint density at radius 2 is 1.77 bits per heavy atom. The van der Waals surface area contributed by atoms with Crippen molar-refractivity contribution in [1.82, 2.24) is 14.8 Å². The van der Waals surface area contributed by atoms with E-state index in [1.54, 1.807) is 0 Å². The number of likely N-dealkylation sites (tertiary alicyclic amines) is 1. The number of nitrogens with zero attached hydrogens (tertiary/aromatic N) is 4. The van der Waals surface area contributed by atoms with Crippen LogP contribution in [0.5, 0.6) is 0 Å². The summed E-state index contributed by atoms with van der Waals surface area (Å²) in [5, 5.41) is 9.09. The lowest BCUT2D eigenvalue weighted by atomic mass is 9.97. The minimum absolute atomic E-state index is 0.00322. The van der Waals surface area contributed by atoms with Crippen LogP contribution in [0.3, 0.4) is 0 Å². The van der Waals surface area contributed by atoms with E-state index in [0.717, 1.165) is 77.7 Å². The molecule has 4 heterocycles. The van der Waals surface area contributed by atoms with Crippen LogP contribution in [0.1, 0.15) is 44.9 Å². The van der Waals surface area contributed by atoms with Crippen LogP contribution in [-0.4, -0.2) is 83.4 Å². The monoisotopic (exact) mass is 430 g/mol. The van der Waals surface area contributed by atoms with Gasteiger partial charge >= 0.3 is 12.1 Å². The van der Waals surface area contributed by atoms with Gasteiger partial charge in [-0.05, 0) is 76.7 Å². The van der Waals surface area contributed by atoms with Gasteiger partial charge in [0.2, 0.25) is 0 Å². The van der Waals surface area contributed by atoms with Crippen LogP contribution in [0.25, 0.3) is 0 Å². The van der Waals surface area contributed by atoms with Gasteiger partial charge in [0.1, 0.15) is 6.10 Å². The number of pyridine rings is 1. The summed E-state index contributed by atoms with van der Waals surface area (Å²) < 4.78 is 5.66. The Kier molecular flexibility index (Phi) is 7.27. The smallest absolute Gasteiger partial charge is 0.410 e. The first kappa shape index (κ1) is 21.9. The molecule has 0 spiro atoms. The van der Waals surface area contributed by atoms with Crippen molar-refractivity contribution in [3.8, 4) is 0 Å². The highest BCUT2D eigenvalue weighted by molar-refractivity contribution is 5.70. The van der Waals surface area contributed by atoms with Crippen LogP contribution < -0.4 is 4.90 Å². The standard InChI is InChI=1S/C23H34N4O4/c28-22(29)18-6-13-25(14-7-18)12-2-1-3-21-17-27(23(30)31-21)20-8-15-26(16-9-20)19-4-10-24-11-5-19/h4-5,10-11,18,20-21H,1-3,6-9,12-17H2,(H,28,29). The SMILES string of the molecule is O=C(O)C1CCN(CCCCC2CN(C3CCN(c4ccncc4)CC3)C(=O)O2)CC1. The molecule has 1 N–H and O–H groups in total. The maximum atomic E-state index is 12.4. The molecule has 0 aromatic carbocycles. The van der Waals surface area contributed by atoms with E-state index in [4.69, 9.17) is 9.84 Å². The van der Waals surface area contributed by atoms with Crippen LogP contribution in [0, 0.1) is 5.92 Å². The maximum Gasteiger partial charge on any atom is 0.410 e. The van der Waals surface area contributed by atoms with Crippen molar-refractivity contribution in [2.45, 2.75) is 57.1 Å². The third kappa shape index (κ3) is 5.67. The van der Waals surface area contributed by atoms with Gasteiger partial charge in [-0.2, -0.15) is 0 Å². The highest BCUT2D eigenvalue weighted by Crippen LogP contribution is 2.27. The van der Waals surface area contributed by atoms with Gasteiger partial charge in [0, 0.05) is 37.2 Å². The Morgan fingerprint density at radius 1 is 1.06 bits per heavy atom. The van der Waals surface area contributed by atoms with E-state index < -0.39 is 5.97 Å². The summed E-state index contributed by atoms with van der Waals surface area (Å²) in [7, 11) is 0. The van der Waals surface area contributed by atoms with Crippen molar-refractivity contribution in [2.24, 2.45) is 5.92 Å². The minimum atomic E-state index is -0.657. The van der Waals surface area contributed by atoms with Crippen LogP contribution in [-0.2, 0) is 9.53 Å². The fraction of sp³-hybridized carbons (Fsp3) is 0.696. The number of carbonyl (C=O) groups excluding carboxylic acids is 1. The third-order valence-electron chi connectivity index (χ3n) is 7.02. The van der Waals surface area contributed by atoms with Gasteiger partial charge in [-0.25, -0.2) is 4.79 Å². The molecule has 1 aromatic heterocycles. The Morgan fingerprint density at radius 3 is 2.45 bits per heavy atom. The molecule has 0 saturated carbocycles. The molecule has 0 aliphatic carbocycles. The number of carboxylic acid groups (broad SMARTS) is 1. The van der Waals surface area contributed by atoms with Gasteiger partial charge in [0.15, 0.2) is 0 Å². The molecule has 3 aliphatic heterocycles. The number of aromatic nitrogens is 1. The number of carboxylic acids is 1. The van der Waals surface area contributed by atoms with Gasteiger partial charge in [-0.15, -0.1) is 0 Å². The lowest BCUT2D eigenvalue weighted by molar-refractivity contribution is -0.143. The molecule has 8 nitrogen and oxygen atoms in total. The van der Waals surface area contributed by atoms with E-state index in [1.807, 2.05) is 29.4 Å². The number of hydrogen-bond acceptors (Lipinski definition) is 6. The Balaban J connectivity index is 1.13. The Hall–Kier alpha value is -2.35. The van der Waals surface area contributed by atoms with Gasteiger partial charge < -0.3 is 24.5 Å². The molecular formula is C23H34N4O4. The number of aliphatic carboxylic acids is 1. The molecule has 1 aromatic rings. The average Bonchev–Trinajstić information content (AvgIpc) is 3.18. The van der Waals surface area contributed by atoms with Crippen LogP contribution in [0.2, 0.25) is 0 Å². The van der Waals surface area contributed by atoms with Crippen LogP contribution in [0.4, 0.5) is 10.5 Å². The number of carbonyl (C=O) groups is 2. The molecule has 3 fully saturated rings. The van der Waals surface area contributed by atoms with Crippen molar-refractivity contribution in [3.05, 3.63) is 24.5 Å². The van der Waals surface area contributed by atoms with Gasteiger partial charge in [0.05, 0.1) is 12.5 Å². The Bertz CT molecular complexity index is 730. The average molecular weight is 431 g/mol. The fourth-order valence-corrected chi connectivity index (χ4v) is 5.09. The molecule has 0 radical (unpaired) electrons. The van der Waals surface area contributed by atoms with Crippen LogP contribution in [0.15, 0.2) is 24.5 Å². The number of hydrogen-bond donors (Lipinski definition) is 1. The molecule has 3 aliphatic rings. The largest absolute Gasteiger partial charge is 0.481 e. The summed E-state index contributed by atoms with van der Waals surface area (Å²) >= 11 is 0. The predicted octanol–water partition coefficient (Wildman–Crippen LogP) is 2.84. The van der Waals surface area contributed by atoms with E-state index >= 15 is 0 Å². The second kappa shape index (κ2) is 10.3. The highest BCUT2D eigenvalue weighted by Gasteiger charge is 2.37. The number of anilines is 1. The molecule has 1 unspecified atom stereocenters. The second-order valence-corrected chi connectivity index (χ2v) is 9.03. The quantitative estimate of drug-likeness (QED) is 0.635. The van der Waals surface area contributed by atoms with Crippen molar-refractivity contribution >= 4 is 17.7 Å². The molecule has 0 bridgehead atoms. The lowest BCUT2D eigenvalue weighted by Gasteiger charge is -2.36. The zero-order chi connectivity index (χ0) is 21.6.